The molecule has 1 aromatic heterocycles. The second-order valence-electron chi connectivity index (χ2n) is 4.12. The number of nitrogens with zero attached hydrogens (tertiary/aromatic N) is 2. The lowest BCUT2D eigenvalue weighted by Crippen LogP contribution is -2.64. The number of rotatable bonds is 2. The summed E-state index contributed by atoms with van der Waals surface area (Å²) in [5, 5.41) is 39.0. The van der Waals surface area contributed by atoms with E-state index >= 15 is 0 Å². The first-order valence-corrected chi connectivity index (χ1v) is 5.57. The standard InChI is InChI=1S/C13H8N3O3/c17-13(18,19)16-15-8-5-6-10-9-3-1-2-4-11(9)14-12(10)7-8/h1-7,14H/q-3. The molecular formula is C13H8N3O3-3. The van der Waals surface area contributed by atoms with Crippen LogP contribution in [0.1, 0.15) is 0 Å². The molecule has 0 saturated carbocycles. The van der Waals surface area contributed by atoms with Crippen molar-refractivity contribution in [2.24, 2.45) is 10.2 Å². The van der Waals surface area contributed by atoms with Crippen LogP contribution in [0.2, 0.25) is 0 Å². The maximum absolute atomic E-state index is 10.3. The number of hydrogen-bond donors (Lipinski definition) is 1. The van der Waals surface area contributed by atoms with Crippen LogP contribution in [-0.4, -0.2) is 11.1 Å². The van der Waals surface area contributed by atoms with Crippen LogP contribution in [-0.2, 0) is 0 Å². The number of benzene rings is 2. The van der Waals surface area contributed by atoms with E-state index < -0.39 is 6.10 Å². The van der Waals surface area contributed by atoms with E-state index in [1.807, 2.05) is 24.3 Å². The van der Waals surface area contributed by atoms with Gasteiger partial charge in [-0.05, 0) is 24.3 Å². The van der Waals surface area contributed by atoms with Crippen LogP contribution in [0.4, 0.5) is 5.69 Å². The highest BCUT2D eigenvalue weighted by atomic mass is 16.7. The molecule has 0 atom stereocenters. The van der Waals surface area contributed by atoms with Crippen LogP contribution in [0.25, 0.3) is 21.8 Å². The van der Waals surface area contributed by atoms with Crippen molar-refractivity contribution in [3.05, 3.63) is 42.5 Å². The minimum absolute atomic E-state index is 0.283. The summed E-state index contributed by atoms with van der Waals surface area (Å²) in [7, 11) is 0. The fourth-order valence-corrected chi connectivity index (χ4v) is 2.02. The first kappa shape index (κ1) is 11.8. The van der Waals surface area contributed by atoms with E-state index in [0.29, 0.717) is 0 Å². The Bertz CT molecular complexity index is 771. The molecule has 0 fully saturated rings. The van der Waals surface area contributed by atoms with E-state index in [1.54, 1.807) is 18.2 Å². The van der Waals surface area contributed by atoms with Crippen LogP contribution in [0.5, 0.6) is 0 Å². The normalized spacial score (nSPS) is 12.8. The van der Waals surface area contributed by atoms with Crippen molar-refractivity contribution in [3.8, 4) is 0 Å². The molecule has 0 bridgehead atoms. The first-order valence-electron chi connectivity index (χ1n) is 5.57. The summed E-state index contributed by atoms with van der Waals surface area (Å²) in [5.41, 5.74) is 2.05. The maximum atomic E-state index is 10.3. The van der Waals surface area contributed by atoms with Gasteiger partial charge in [-0.1, -0.05) is 18.2 Å². The highest BCUT2D eigenvalue weighted by Crippen LogP contribution is 2.28. The lowest BCUT2D eigenvalue weighted by molar-refractivity contribution is -0.902. The van der Waals surface area contributed by atoms with Crippen LogP contribution >= 0.6 is 0 Å². The van der Waals surface area contributed by atoms with Crippen molar-refractivity contribution in [1.82, 2.24) is 4.98 Å². The SMILES string of the molecule is [O-]C([O-])([O-])N=Nc1ccc2c(c1)[nH]c1ccccc12. The first-order chi connectivity index (χ1) is 9.03. The molecule has 0 spiro atoms. The van der Waals surface area contributed by atoms with E-state index in [1.165, 1.54) is 0 Å². The molecule has 0 saturated heterocycles. The lowest BCUT2D eigenvalue weighted by atomic mass is 10.1. The Morgan fingerprint density at radius 2 is 1.63 bits per heavy atom. The summed E-state index contributed by atoms with van der Waals surface area (Å²) in [5.74, 6) is 0. The number of azo groups is 1. The number of hydrogen-bond acceptors (Lipinski definition) is 5. The molecule has 0 radical (unpaired) electrons. The van der Waals surface area contributed by atoms with Crippen molar-refractivity contribution in [1.29, 1.82) is 0 Å². The van der Waals surface area contributed by atoms with E-state index in [-0.39, 0.29) is 5.69 Å². The Morgan fingerprint density at radius 1 is 0.895 bits per heavy atom. The van der Waals surface area contributed by atoms with Gasteiger partial charge in [0.15, 0.2) is 0 Å². The Kier molecular flexibility index (Phi) is 2.56. The van der Waals surface area contributed by atoms with E-state index in [4.69, 9.17) is 0 Å². The second-order valence-corrected chi connectivity index (χ2v) is 4.12. The summed E-state index contributed by atoms with van der Waals surface area (Å²) in [4.78, 5) is 3.18. The van der Waals surface area contributed by atoms with Gasteiger partial charge in [-0.15, -0.1) is 0 Å². The fraction of sp³-hybridized carbons (Fsp3) is 0.0769. The molecule has 1 heterocycles. The summed E-state index contributed by atoms with van der Waals surface area (Å²) in [6, 6.07) is 12.8. The summed E-state index contributed by atoms with van der Waals surface area (Å²) >= 11 is 0. The van der Waals surface area contributed by atoms with Crippen molar-refractivity contribution in [2.45, 2.75) is 6.10 Å². The van der Waals surface area contributed by atoms with Gasteiger partial charge in [0.2, 0.25) is 0 Å². The average Bonchev–Trinajstić information content (AvgIpc) is 2.73. The van der Waals surface area contributed by atoms with Gasteiger partial charge in [0.25, 0.3) is 0 Å². The molecule has 1 N–H and O–H groups in total. The number of H-pyrrole nitrogens is 1. The van der Waals surface area contributed by atoms with Gasteiger partial charge in [0.05, 0.1) is 5.69 Å². The third kappa shape index (κ3) is 2.32. The summed E-state index contributed by atoms with van der Waals surface area (Å²) in [6.45, 7) is 0. The van der Waals surface area contributed by atoms with Crippen LogP contribution in [0.15, 0.2) is 52.7 Å². The lowest BCUT2D eigenvalue weighted by Gasteiger charge is -2.50. The molecule has 0 aliphatic carbocycles. The van der Waals surface area contributed by atoms with Gasteiger partial charge in [0.1, 0.15) is 0 Å². The number of nitrogens with one attached hydrogen (secondary N) is 1. The smallest absolute Gasteiger partial charge is 0.0872 e. The monoisotopic (exact) mass is 254 g/mol. The molecule has 6 nitrogen and oxygen atoms in total. The number of aromatic amines is 1. The van der Waals surface area contributed by atoms with E-state index in [9.17, 15) is 15.3 Å². The maximum Gasteiger partial charge on any atom is 0.0872 e. The van der Waals surface area contributed by atoms with Crippen LogP contribution in [0, 0.1) is 0 Å². The Morgan fingerprint density at radius 3 is 2.42 bits per heavy atom. The molecule has 3 rings (SSSR count). The predicted octanol–water partition coefficient (Wildman–Crippen LogP) is 0.0970. The third-order valence-electron chi connectivity index (χ3n) is 2.78. The summed E-state index contributed by atoms with van der Waals surface area (Å²) in [6.07, 6.45) is -3.89. The number of aromatic nitrogens is 1. The van der Waals surface area contributed by atoms with Crippen LogP contribution in [0.3, 0.4) is 0 Å². The molecule has 0 aliphatic rings. The molecule has 0 aliphatic heterocycles. The van der Waals surface area contributed by atoms with Crippen molar-refractivity contribution in [3.63, 3.8) is 0 Å². The zero-order chi connectivity index (χ0) is 13.5. The largest absolute Gasteiger partial charge is 0.858 e. The highest BCUT2D eigenvalue weighted by molar-refractivity contribution is 6.07. The Balaban J connectivity index is 2.11. The quantitative estimate of drug-likeness (QED) is 0.517. The fourth-order valence-electron chi connectivity index (χ4n) is 2.02. The van der Waals surface area contributed by atoms with Gasteiger partial charge < -0.3 is 20.3 Å². The Hall–Kier alpha value is -2.28. The second kappa shape index (κ2) is 4.13. The Labute approximate surface area is 107 Å². The molecule has 3 aromatic rings. The predicted molar refractivity (Wildman–Crippen MR) is 63.1 cm³/mol. The number of fused-ring (bicyclic) bond motifs is 3. The van der Waals surface area contributed by atoms with E-state index in [2.05, 4.69) is 15.2 Å². The molecule has 2 aromatic carbocycles. The molecule has 19 heavy (non-hydrogen) atoms. The van der Waals surface area contributed by atoms with Crippen molar-refractivity contribution >= 4 is 27.5 Å². The minimum Gasteiger partial charge on any atom is -0.858 e. The minimum atomic E-state index is -3.89. The number of para-hydroxylation sites is 1. The topological polar surface area (TPSA) is 110 Å². The van der Waals surface area contributed by atoms with E-state index in [0.717, 1.165) is 21.8 Å². The van der Waals surface area contributed by atoms with Gasteiger partial charge in [0, 0.05) is 21.8 Å². The van der Waals surface area contributed by atoms with Gasteiger partial charge in [-0.2, -0.15) is 11.2 Å². The van der Waals surface area contributed by atoms with Gasteiger partial charge >= 0.3 is 0 Å². The summed E-state index contributed by atoms with van der Waals surface area (Å²) < 4.78 is 0. The zero-order valence-electron chi connectivity index (χ0n) is 9.66. The van der Waals surface area contributed by atoms with Crippen molar-refractivity contribution < 1.29 is 15.3 Å². The van der Waals surface area contributed by atoms with Crippen molar-refractivity contribution in [2.75, 3.05) is 0 Å². The van der Waals surface area contributed by atoms with Gasteiger partial charge in [-0.25, -0.2) is 5.11 Å². The molecule has 0 amide bonds. The average molecular weight is 254 g/mol. The van der Waals surface area contributed by atoms with Gasteiger partial charge in [-0.3, -0.25) is 0 Å². The molecule has 0 unspecified atom stereocenters. The highest BCUT2D eigenvalue weighted by Gasteiger charge is 2.03. The van der Waals surface area contributed by atoms with Crippen LogP contribution < -0.4 is 15.3 Å². The third-order valence-corrected chi connectivity index (χ3v) is 2.78. The molecular weight excluding hydrogens is 246 g/mol. The zero-order valence-corrected chi connectivity index (χ0v) is 9.66. The molecule has 6 heteroatoms. The molecule has 96 valence electrons.